The lowest BCUT2D eigenvalue weighted by Crippen LogP contribution is -2.40. The lowest BCUT2D eigenvalue weighted by atomic mass is 9.96. The third kappa shape index (κ3) is 6.05. The average molecular weight is 346 g/mol. The van der Waals surface area contributed by atoms with E-state index in [1.165, 1.54) is 0 Å². The molecule has 138 valence electrons. The number of rotatable bonds is 6. The van der Waals surface area contributed by atoms with E-state index in [4.69, 9.17) is 0 Å². The Balaban J connectivity index is 1.92. The predicted octanol–water partition coefficient (Wildman–Crippen LogP) is 2.68. The first-order valence-corrected chi connectivity index (χ1v) is 9.17. The Labute approximate surface area is 150 Å². The molecule has 3 N–H and O–H groups in total. The molecule has 0 spiro atoms. The third-order valence-corrected chi connectivity index (χ3v) is 4.37. The van der Waals surface area contributed by atoms with E-state index in [1.54, 1.807) is 24.3 Å². The summed E-state index contributed by atoms with van der Waals surface area (Å²) in [6.45, 7) is 9.52. The van der Waals surface area contributed by atoms with Crippen LogP contribution < -0.4 is 16.0 Å². The number of hydrogen-bond acceptors (Lipinski definition) is 3. The van der Waals surface area contributed by atoms with Gasteiger partial charge in [-0.15, -0.1) is 0 Å². The maximum absolute atomic E-state index is 12.7. The molecule has 1 fully saturated rings. The largest absolute Gasteiger partial charge is 0.339 e. The highest BCUT2D eigenvalue weighted by atomic mass is 16.2. The summed E-state index contributed by atoms with van der Waals surface area (Å²) in [4.78, 5) is 26.4. The fourth-order valence-corrected chi connectivity index (χ4v) is 3.03. The van der Waals surface area contributed by atoms with Crippen LogP contribution in [0.25, 0.3) is 0 Å². The molecule has 0 radical (unpaired) electrons. The van der Waals surface area contributed by atoms with Crippen LogP contribution in [0.15, 0.2) is 24.3 Å². The highest BCUT2D eigenvalue weighted by Crippen LogP contribution is 2.20. The van der Waals surface area contributed by atoms with Crippen LogP contribution in [0, 0.1) is 5.92 Å². The van der Waals surface area contributed by atoms with E-state index in [0.717, 1.165) is 39.0 Å². The maximum Gasteiger partial charge on any atom is 0.319 e. The van der Waals surface area contributed by atoms with Crippen molar-refractivity contribution < 1.29 is 9.59 Å². The van der Waals surface area contributed by atoms with E-state index < -0.39 is 0 Å². The third-order valence-electron chi connectivity index (χ3n) is 4.37. The number of likely N-dealkylation sites (tertiary alicyclic amines) is 1. The average Bonchev–Trinajstić information content (AvgIpc) is 2.59. The molecule has 1 aromatic carbocycles. The van der Waals surface area contributed by atoms with Crippen LogP contribution in [0.4, 0.5) is 10.5 Å². The first kappa shape index (κ1) is 19.2. The molecular weight excluding hydrogens is 316 g/mol. The summed E-state index contributed by atoms with van der Waals surface area (Å²) >= 11 is 0. The van der Waals surface area contributed by atoms with Gasteiger partial charge in [0.05, 0.1) is 0 Å². The molecule has 0 bridgehead atoms. The van der Waals surface area contributed by atoms with Gasteiger partial charge in [0, 0.05) is 30.4 Å². The predicted molar refractivity (Wildman–Crippen MR) is 101 cm³/mol. The number of carbonyl (C=O) groups is 2. The number of urea groups is 1. The molecule has 1 saturated heterocycles. The van der Waals surface area contributed by atoms with Gasteiger partial charge in [-0.05, 0) is 63.9 Å². The van der Waals surface area contributed by atoms with E-state index >= 15 is 0 Å². The first-order valence-electron chi connectivity index (χ1n) is 9.17. The molecule has 1 aliphatic heterocycles. The molecule has 3 amide bonds. The van der Waals surface area contributed by atoms with Crippen LogP contribution in [-0.4, -0.2) is 49.1 Å². The summed E-state index contributed by atoms with van der Waals surface area (Å²) in [5, 5.41) is 8.93. The van der Waals surface area contributed by atoms with Crippen molar-refractivity contribution in [2.75, 3.05) is 31.5 Å². The van der Waals surface area contributed by atoms with Crippen molar-refractivity contribution >= 4 is 17.6 Å². The molecule has 6 heteroatoms. The molecule has 0 saturated carbocycles. The lowest BCUT2D eigenvalue weighted by molar-refractivity contribution is 0.0690. The molecule has 1 heterocycles. The molecule has 1 aliphatic rings. The van der Waals surface area contributed by atoms with Crippen LogP contribution in [-0.2, 0) is 0 Å². The number of benzene rings is 1. The van der Waals surface area contributed by atoms with Gasteiger partial charge in [-0.1, -0.05) is 13.0 Å². The summed E-state index contributed by atoms with van der Waals surface area (Å²) in [6.07, 6.45) is 2.07. The van der Waals surface area contributed by atoms with Gasteiger partial charge in [-0.2, -0.15) is 0 Å². The van der Waals surface area contributed by atoms with Gasteiger partial charge in [0.2, 0.25) is 0 Å². The number of amides is 3. The Morgan fingerprint density at radius 2 is 1.96 bits per heavy atom. The van der Waals surface area contributed by atoms with E-state index in [-0.39, 0.29) is 18.0 Å². The number of anilines is 1. The van der Waals surface area contributed by atoms with Crippen LogP contribution in [0.1, 0.15) is 44.0 Å². The summed E-state index contributed by atoms with van der Waals surface area (Å²) in [5.41, 5.74) is 1.25. The second-order valence-electron chi connectivity index (χ2n) is 6.88. The zero-order valence-electron chi connectivity index (χ0n) is 15.5. The molecule has 25 heavy (non-hydrogen) atoms. The Kier molecular flexibility index (Phi) is 7.25. The van der Waals surface area contributed by atoms with Crippen LogP contribution in [0.5, 0.6) is 0 Å². The van der Waals surface area contributed by atoms with Gasteiger partial charge >= 0.3 is 6.03 Å². The van der Waals surface area contributed by atoms with E-state index in [2.05, 4.69) is 22.9 Å². The number of nitrogens with zero attached hydrogens (tertiary/aromatic N) is 1. The number of nitrogens with one attached hydrogen (secondary N) is 3. The second kappa shape index (κ2) is 9.42. The van der Waals surface area contributed by atoms with Gasteiger partial charge in [-0.3, -0.25) is 4.79 Å². The van der Waals surface area contributed by atoms with E-state index in [9.17, 15) is 9.59 Å². The molecule has 0 atom stereocenters. The smallest absolute Gasteiger partial charge is 0.319 e. The maximum atomic E-state index is 12.7. The van der Waals surface area contributed by atoms with Crippen molar-refractivity contribution in [3.8, 4) is 0 Å². The fraction of sp³-hybridized carbons (Fsp3) is 0.579. The molecule has 1 aromatic rings. The standard InChI is InChI=1S/C19H30N4O2/c1-4-20-13-15-8-10-23(11-9-15)18(24)16-6-5-7-17(12-16)22-19(25)21-14(2)3/h5-7,12,14-15,20H,4,8-11,13H2,1-3H3,(H2,21,22,25). The normalized spacial score (nSPS) is 15.3. The quantitative estimate of drug-likeness (QED) is 0.741. The molecule has 6 nitrogen and oxygen atoms in total. The zero-order chi connectivity index (χ0) is 18.2. The topological polar surface area (TPSA) is 73.5 Å². The monoisotopic (exact) mass is 346 g/mol. The van der Waals surface area contributed by atoms with Crippen molar-refractivity contribution in [1.29, 1.82) is 0 Å². The van der Waals surface area contributed by atoms with Crippen LogP contribution >= 0.6 is 0 Å². The van der Waals surface area contributed by atoms with Crippen molar-refractivity contribution in [1.82, 2.24) is 15.5 Å². The van der Waals surface area contributed by atoms with Gasteiger partial charge < -0.3 is 20.9 Å². The second-order valence-corrected chi connectivity index (χ2v) is 6.88. The Morgan fingerprint density at radius 1 is 1.24 bits per heavy atom. The van der Waals surface area contributed by atoms with Crippen molar-refractivity contribution in [3.05, 3.63) is 29.8 Å². The molecule has 0 aliphatic carbocycles. The highest BCUT2D eigenvalue weighted by Gasteiger charge is 2.23. The lowest BCUT2D eigenvalue weighted by Gasteiger charge is -2.32. The molecule has 0 unspecified atom stereocenters. The van der Waals surface area contributed by atoms with Crippen molar-refractivity contribution in [2.24, 2.45) is 5.92 Å². The van der Waals surface area contributed by atoms with Crippen molar-refractivity contribution in [3.63, 3.8) is 0 Å². The molecular formula is C19H30N4O2. The summed E-state index contributed by atoms with van der Waals surface area (Å²) in [7, 11) is 0. The molecule has 2 rings (SSSR count). The molecule has 0 aromatic heterocycles. The highest BCUT2D eigenvalue weighted by molar-refractivity contribution is 5.97. The Hall–Kier alpha value is -2.08. The fourth-order valence-electron chi connectivity index (χ4n) is 3.03. The van der Waals surface area contributed by atoms with E-state index in [1.807, 2.05) is 18.7 Å². The van der Waals surface area contributed by atoms with Gasteiger partial charge in [0.25, 0.3) is 5.91 Å². The number of hydrogen-bond donors (Lipinski definition) is 3. The van der Waals surface area contributed by atoms with Crippen LogP contribution in [0.2, 0.25) is 0 Å². The Bertz CT molecular complexity index is 581. The first-order chi connectivity index (χ1) is 12.0. The Morgan fingerprint density at radius 3 is 2.60 bits per heavy atom. The van der Waals surface area contributed by atoms with E-state index in [0.29, 0.717) is 17.2 Å². The SMILES string of the molecule is CCNCC1CCN(C(=O)c2cccc(NC(=O)NC(C)C)c2)CC1. The minimum Gasteiger partial charge on any atom is -0.339 e. The van der Waals surface area contributed by atoms with Crippen LogP contribution in [0.3, 0.4) is 0 Å². The number of carbonyl (C=O) groups excluding carboxylic acids is 2. The summed E-state index contributed by atoms with van der Waals surface area (Å²) in [6, 6.07) is 6.94. The van der Waals surface area contributed by atoms with Gasteiger partial charge in [-0.25, -0.2) is 4.79 Å². The minimum absolute atomic E-state index is 0.0369. The summed E-state index contributed by atoms with van der Waals surface area (Å²) < 4.78 is 0. The summed E-state index contributed by atoms with van der Waals surface area (Å²) in [5.74, 6) is 0.687. The van der Waals surface area contributed by atoms with Gasteiger partial charge in [0.15, 0.2) is 0 Å². The van der Waals surface area contributed by atoms with Crippen molar-refractivity contribution in [2.45, 2.75) is 39.7 Å². The zero-order valence-corrected chi connectivity index (χ0v) is 15.5. The van der Waals surface area contributed by atoms with Gasteiger partial charge in [0.1, 0.15) is 0 Å². The minimum atomic E-state index is -0.260. The number of piperidine rings is 1.